The number of aliphatic carboxylic acids is 1. The summed E-state index contributed by atoms with van der Waals surface area (Å²) in [5, 5.41) is 9.13. The van der Waals surface area contributed by atoms with Gasteiger partial charge < -0.3 is 15.7 Å². The van der Waals surface area contributed by atoms with E-state index in [1.165, 1.54) is 0 Å². The lowest BCUT2D eigenvalue weighted by Crippen LogP contribution is -2.54. The average molecular weight is 256 g/mol. The number of nitrogens with two attached hydrogens (primary N) is 1. The van der Waals surface area contributed by atoms with Crippen LogP contribution in [0, 0.1) is 10.8 Å². The van der Waals surface area contributed by atoms with Gasteiger partial charge >= 0.3 is 5.97 Å². The van der Waals surface area contributed by atoms with Gasteiger partial charge in [-0.05, 0) is 25.2 Å². The molecule has 1 aliphatic rings. The van der Waals surface area contributed by atoms with Crippen molar-refractivity contribution in [3.63, 3.8) is 0 Å². The molecule has 5 nitrogen and oxygen atoms in total. The second-order valence-electron chi connectivity index (χ2n) is 6.53. The largest absolute Gasteiger partial charge is 0.481 e. The number of carboxylic acid groups (broad SMARTS) is 1. The molecule has 1 heterocycles. The molecule has 0 bridgehead atoms. The lowest BCUT2D eigenvalue weighted by molar-refractivity contribution is -0.153. The van der Waals surface area contributed by atoms with Crippen LogP contribution >= 0.6 is 0 Å². The molecule has 3 N–H and O–H groups in total. The fourth-order valence-electron chi connectivity index (χ4n) is 2.00. The number of carbonyl (C=O) groups is 2. The van der Waals surface area contributed by atoms with Crippen LogP contribution in [0.5, 0.6) is 0 Å². The second-order valence-corrected chi connectivity index (χ2v) is 6.53. The molecule has 1 saturated heterocycles. The predicted molar refractivity (Wildman–Crippen MR) is 69.0 cm³/mol. The molecule has 0 spiro atoms. The molecule has 1 atom stereocenters. The minimum absolute atomic E-state index is 0.0741. The van der Waals surface area contributed by atoms with Crippen molar-refractivity contribution in [2.45, 2.75) is 46.6 Å². The predicted octanol–water partition coefficient (Wildman–Crippen LogP) is 1.07. The first kappa shape index (κ1) is 15.0. The number of likely N-dealkylation sites (tertiary alicyclic amines) is 1. The van der Waals surface area contributed by atoms with E-state index in [9.17, 15) is 9.59 Å². The molecular weight excluding hydrogens is 232 g/mol. The van der Waals surface area contributed by atoms with E-state index in [-0.39, 0.29) is 11.3 Å². The fourth-order valence-corrected chi connectivity index (χ4v) is 2.00. The van der Waals surface area contributed by atoms with Crippen molar-refractivity contribution in [3.05, 3.63) is 0 Å². The highest BCUT2D eigenvalue weighted by atomic mass is 16.4. The number of piperidine rings is 1. The summed E-state index contributed by atoms with van der Waals surface area (Å²) in [6, 6.07) is -0.535. The molecule has 18 heavy (non-hydrogen) atoms. The smallest absolute Gasteiger partial charge is 0.309 e. The Morgan fingerprint density at radius 1 is 1.28 bits per heavy atom. The first-order valence-electron chi connectivity index (χ1n) is 6.36. The van der Waals surface area contributed by atoms with E-state index in [1.807, 2.05) is 20.8 Å². The van der Waals surface area contributed by atoms with Gasteiger partial charge in [-0.15, -0.1) is 0 Å². The number of nitrogens with zero attached hydrogens (tertiary/aromatic N) is 1. The molecule has 104 valence electrons. The Hall–Kier alpha value is -1.10. The van der Waals surface area contributed by atoms with Crippen LogP contribution in [0.15, 0.2) is 0 Å². The SMILES string of the molecule is CC1(C(=O)O)CCN(C(=O)[C@@H](N)C(C)(C)C)CC1. The van der Waals surface area contributed by atoms with Crippen LogP contribution in [-0.4, -0.2) is 41.0 Å². The van der Waals surface area contributed by atoms with Crippen molar-refractivity contribution >= 4 is 11.9 Å². The maximum atomic E-state index is 12.2. The quantitative estimate of drug-likeness (QED) is 0.774. The Labute approximate surface area is 108 Å². The van der Waals surface area contributed by atoms with Crippen molar-refractivity contribution in [3.8, 4) is 0 Å². The molecule has 0 aromatic rings. The molecule has 0 unspecified atom stereocenters. The molecular formula is C13H24N2O3. The van der Waals surface area contributed by atoms with Crippen LogP contribution < -0.4 is 5.73 Å². The zero-order chi connectivity index (χ0) is 14.1. The van der Waals surface area contributed by atoms with Crippen LogP contribution in [0.25, 0.3) is 0 Å². The lowest BCUT2D eigenvalue weighted by atomic mass is 9.79. The molecule has 0 aromatic carbocycles. The lowest BCUT2D eigenvalue weighted by Gasteiger charge is -2.39. The third kappa shape index (κ3) is 3.02. The van der Waals surface area contributed by atoms with Gasteiger partial charge in [0, 0.05) is 13.1 Å². The Morgan fingerprint density at radius 2 is 1.72 bits per heavy atom. The number of hydrogen-bond donors (Lipinski definition) is 2. The summed E-state index contributed by atoms with van der Waals surface area (Å²) in [6.45, 7) is 8.49. The molecule has 0 aromatic heterocycles. The standard InChI is InChI=1S/C13H24N2O3/c1-12(2,3)9(14)10(16)15-7-5-13(4,6-8-15)11(17)18/h9H,5-8,14H2,1-4H3,(H,17,18)/t9-/m1/s1. The number of rotatable bonds is 2. The summed E-state index contributed by atoms with van der Waals surface area (Å²) >= 11 is 0. The molecule has 1 amide bonds. The monoisotopic (exact) mass is 256 g/mol. The maximum Gasteiger partial charge on any atom is 0.309 e. The van der Waals surface area contributed by atoms with Gasteiger partial charge in [0.2, 0.25) is 5.91 Å². The Kier molecular flexibility index (Phi) is 4.05. The first-order chi connectivity index (χ1) is 8.08. The van der Waals surface area contributed by atoms with Crippen molar-refractivity contribution in [2.24, 2.45) is 16.6 Å². The van der Waals surface area contributed by atoms with Gasteiger partial charge in [-0.1, -0.05) is 20.8 Å². The summed E-state index contributed by atoms with van der Waals surface area (Å²) in [4.78, 5) is 25.0. The topological polar surface area (TPSA) is 83.6 Å². The molecule has 0 aliphatic carbocycles. The summed E-state index contributed by atoms with van der Waals surface area (Å²) in [5.74, 6) is -0.857. The second kappa shape index (κ2) is 4.88. The molecule has 1 aliphatic heterocycles. The van der Waals surface area contributed by atoms with Gasteiger partial charge in [0.1, 0.15) is 0 Å². The van der Waals surface area contributed by atoms with Gasteiger partial charge in [-0.3, -0.25) is 9.59 Å². The number of amides is 1. The normalized spacial score (nSPS) is 21.5. The summed E-state index contributed by atoms with van der Waals surface area (Å²) in [5.41, 5.74) is 4.97. The van der Waals surface area contributed by atoms with E-state index in [4.69, 9.17) is 10.8 Å². The minimum Gasteiger partial charge on any atom is -0.481 e. The van der Waals surface area contributed by atoms with Crippen molar-refractivity contribution in [1.29, 1.82) is 0 Å². The van der Waals surface area contributed by atoms with Crippen molar-refractivity contribution < 1.29 is 14.7 Å². The third-order valence-electron chi connectivity index (χ3n) is 3.89. The number of carbonyl (C=O) groups excluding carboxylic acids is 1. The van der Waals surface area contributed by atoms with Crippen LogP contribution in [-0.2, 0) is 9.59 Å². The molecule has 0 saturated carbocycles. The summed E-state index contributed by atoms with van der Waals surface area (Å²) < 4.78 is 0. The van der Waals surface area contributed by atoms with E-state index in [0.717, 1.165) is 0 Å². The number of carboxylic acids is 1. The van der Waals surface area contributed by atoms with E-state index in [2.05, 4.69) is 0 Å². The summed E-state index contributed by atoms with van der Waals surface area (Å²) in [6.07, 6.45) is 0.982. The van der Waals surface area contributed by atoms with Crippen LogP contribution in [0.3, 0.4) is 0 Å². The van der Waals surface area contributed by atoms with Gasteiger partial charge in [-0.2, -0.15) is 0 Å². The van der Waals surface area contributed by atoms with E-state index in [1.54, 1.807) is 11.8 Å². The highest BCUT2D eigenvalue weighted by molar-refractivity contribution is 5.83. The maximum absolute atomic E-state index is 12.2. The van der Waals surface area contributed by atoms with E-state index in [0.29, 0.717) is 25.9 Å². The van der Waals surface area contributed by atoms with E-state index >= 15 is 0 Å². The highest BCUT2D eigenvalue weighted by Gasteiger charge is 2.40. The van der Waals surface area contributed by atoms with E-state index < -0.39 is 17.4 Å². The zero-order valence-corrected chi connectivity index (χ0v) is 11.7. The third-order valence-corrected chi connectivity index (χ3v) is 3.89. The van der Waals surface area contributed by atoms with Crippen molar-refractivity contribution in [2.75, 3.05) is 13.1 Å². The van der Waals surface area contributed by atoms with Crippen LogP contribution in [0.4, 0.5) is 0 Å². The summed E-state index contributed by atoms with van der Waals surface area (Å²) in [7, 11) is 0. The zero-order valence-electron chi connectivity index (χ0n) is 11.7. The van der Waals surface area contributed by atoms with Gasteiger partial charge in [0.25, 0.3) is 0 Å². The minimum atomic E-state index is -0.783. The van der Waals surface area contributed by atoms with Gasteiger partial charge in [0.15, 0.2) is 0 Å². The molecule has 0 radical (unpaired) electrons. The number of hydrogen-bond acceptors (Lipinski definition) is 3. The first-order valence-corrected chi connectivity index (χ1v) is 6.36. The average Bonchev–Trinajstić information content (AvgIpc) is 2.26. The van der Waals surface area contributed by atoms with Gasteiger partial charge in [0.05, 0.1) is 11.5 Å². The highest BCUT2D eigenvalue weighted by Crippen LogP contribution is 2.32. The van der Waals surface area contributed by atoms with Gasteiger partial charge in [-0.25, -0.2) is 0 Å². The molecule has 1 fully saturated rings. The Morgan fingerprint density at radius 3 is 2.06 bits per heavy atom. The fraction of sp³-hybridized carbons (Fsp3) is 0.846. The molecule has 1 rings (SSSR count). The Balaban J connectivity index is 2.64. The van der Waals surface area contributed by atoms with Crippen LogP contribution in [0.1, 0.15) is 40.5 Å². The van der Waals surface area contributed by atoms with Crippen molar-refractivity contribution in [1.82, 2.24) is 4.90 Å². The molecule has 5 heteroatoms. The Bertz CT molecular complexity index is 339. The van der Waals surface area contributed by atoms with Crippen LogP contribution in [0.2, 0.25) is 0 Å².